The van der Waals surface area contributed by atoms with Crippen LogP contribution in [0, 0.1) is 0 Å². The van der Waals surface area contributed by atoms with Crippen LogP contribution >= 0.6 is 12.2 Å². The lowest BCUT2D eigenvalue weighted by atomic mass is 10.1. The van der Waals surface area contributed by atoms with Gasteiger partial charge in [0.2, 0.25) is 0 Å². The van der Waals surface area contributed by atoms with Gasteiger partial charge in [-0.1, -0.05) is 25.0 Å². The maximum atomic E-state index is 5.55. The molecule has 2 rings (SSSR count). The smallest absolute Gasteiger partial charge is 0.169 e. The van der Waals surface area contributed by atoms with Crippen LogP contribution in [0.2, 0.25) is 0 Å². The maximum absolute atomic E-state index is 5.55. The summed E-state index contributed by atoms with van der Waals surface area (Å²) < 4.78 is 5.16. The van der Waals surface area contributed by atoms with Gasteiger partial charge in [-0.25, -0.2) is 0 Å². The number of rotatable bonds is 3. The Hall–Kier alpha value is -1.29. The fraction of sp³-hybridized carbons (Fsp3) is 0.562. The molecule has 4 heteroatoms. The Morgan fingerprint density at radius 1 is 1.30 bits per heavy atom. The molecule has 1 aliphatic heterocycles. The Morgan fingerprint density at radius 2 is 2.05 bits per heavy atom. The highest BCUT2D eigenvalue weighted by Crippen LogP contribution is 2.17. The van der Waals surface area contributed by atoms with Gasteiger partial charge < -0.3 is 15.0 Å². The fourth-order valence-electron chi connectivity index (χ4n) is 2.60. The SMILES string of the molecule is COc1ccc(CNC(=S)N2CCCCCC2C)cc1. The summed E-state index contributed by atoms with van der Waals surface area (Å²) in [7, 11) is 1.68. The van der Waals surface area contributed by atoms with Crippen molar-refractivity contribution in [3.05, 3.63) is 29.8 Å². The average Bonchev–Trinajstić information content (AvgIpc) is 2.70. The summed E-state index contributed by atoms with van der Waals surface area (Å²) in [5.41, 5.74) is 1.22. The first-order valence-corrected chi connectivity index (χ1v) is 7.79. The zero-order valence-corrected chi connectivity index (χ0v) is 13.2. The number of hydrogen-bond acceptors (Lipinski definition) is 2. The van der Waals surface area contributed by atoms with E-state index in [1.54, 1.807) is 7.11 Å². The van der Waals surface area contributed by atoms with Gasteiger partial charge in [-0.05, 0) is 49.7 Å². The molecule has 0 bridgehead atoms. The first-order chi connectivity index (χ1) is 9.70. The predicted molar refractivity (Wildman–Crippen MR) is 87.1 cm³/mol. The van der Waals surface area contributed by atoms with Crippen LogP contribution in [-0.2, 0) is 6.54 Å². The zero-order valence-electron chi connectivity index (χ0n) is 12.4. The largest absolute Gasteiger partial charge is 0.497 e. The second-order valence-electron chi connectivity index (χ2n) is 5.40. The standard InChI is InChI=1S/C16H24N2OS/c1-13-6-4-3-5-11-18(13)16(20)17-12-14-7-9-15(19-2)10-8-14/h7-10,13H,3-6,11-12H2,1-2H3,(H,17,20). The van der Waals surface area contributed by atoms with Crippen LogP contribution in [-0.4, -0.2) is 29.7 Å². The number of methoxy groups -OCH3 is 1. The third kappa shape index (κ3) is 4.10. The summed E-state index contributed by atoms with van der Waals surface area (Å²) in [6.45, 7) is 4.12. The van der Waals surface area contributed by atoms with Crippen molar-refractivity contribution in [1.82, 2.24) is 10.2 Å². The first kappa shape index (κ1) is 15.1. The molecule has 0 aliphatic carbocycles. The van der Waals surface area contributed by atoms with Crippen molar-refractivity contribution >= 4 is 17.3 Å². The molecule has 0 aromatic heterocycles. The van der Waals surface area contributed by atoms with Crippen molar-refractivity contribution in [2.45, 2.75) is 45.2 Å². The number of nitrogens with zero attached hydrogens (tertiary/aromatic N) is 1. The molecule has 1 unspecified atom stereocenters. The first-order valence-electron chi connectivity index (χ1n) is 7.38. The van der Waals surface area contributed by atoms with E-state index in [0.29, 0.717) is 6.04 Å². The van der Waals surface area contributed by atoms with Crippen LogP contribution in [0.3, 0.4) is 0 Å². The Labute approximate surface area is 127 Å². The van der Waals surface area contributed by atoms with Crippen LogP contribution in [0.5, 0.6) is 5.75 Å². The van der Waals surface area contributed by atoms with E-state index in [2.05, 4.69) is 29.3 Å². The van der Waals surface area contributed by atoms with Crippen molar-refractivity contribution in [1.29, 1.82) is 0 Å². The molecular formula is C16H24N2OS. The van der Waals surface area contributed by atoms with Crippen LogP contribution in [0.1, 0.15) is 38.2 Å². The Bertz CT molecular complexity index is 433. The lowest BCUT2D eigenvalue weighted by Crippen LogP contribution is -2.44. The number of hydrogen-bond donors (Lipinski definition) is 1. The van der Waals surface area contributed by atoms with E-state index in [1.807, 2.05) is 12.1 Å². The molecule has 0 saturated carbocycles. The molecule has 1 aromatic carbocycles. The zero-order chi connectivity index (χ0) is 14.4. The van der Waals surface area contributed by atoms with Gasteiger partial charge in [0.05, 0.1) is 7.11 Å². The summed E-state index contributed by atoms with van der Waals surface area (Å²) >= 11 is 5.55. The molecule has 20 heavy (non-hydrogen) atoms. The Kier molecular flexibility index (Phi) is 5.65. The van der Waals surface area contributed by atoms with E-state index in [9.17, 15) is 0 Å². The molecule has 1 saturated heterocycles. The normalized spacial score (nSPS) is 19.3. The van der Waals surface area contributed by atoms with Crippen molar-refractivity contribution in [2.75, 3.05) is 13.7 Å². The molecule has 3 nitrogen and oxygen atoms in total. The van der Waals surface area contributed by atoms with Gasteiger partial charge in [0.15, 0.2) is 5.11 Å². The van der Waals surface area contributed by atoms with Gasteiger partial charge >= 0.3 is 0 Å². The molecule has 0 radical (unpaired) electrons. The third-order valence-electron chi connectivity index (χ3n) is 3.92. The highest BCUT2D eigenvalue weighted by atomic mass is 32.1. The Balaban J connectivity index is 1.86. The summed E-state index contributed by atoms with van der Waals surface area (Å²) in [5.74, 6) is 0.887. The molecule has 1 aliphatic rings. The second kappa shape index (κ2) is 7.48. The van der Waals surface area contributed by atoms with E-state index in [-0.39, 0.29) is 0 Å². The molecule has 1 fully saturated rings. The van der Waals surface area contributed by atoms with E-state index in [0.717, 1.165) is 24.0 Å². The molecule has 0 spiro atoms. The second-order valence-corrected chi connectivity index (χ2v) is 5.79. The molecular weight excluding hydrogens is 268 g/mol. The summed E-state index contributed by atoms with van der Waals surface area (Å²) in [4.78, 5) is 2.34. The highest BCUT2D eigenvalue weighted by Gasteiger charge is 2.18. The van der Waals surface area contributed by atoms with E-state index < -0.39 is 0 Å². The number of benzene rings is 1. The number of thiocarbonyl (C=S) groups is 1. The van der Waals surface area contributed by atoms with Gasteiger partial charge in [-0.2, -0.15) is 0 Å². The monoisotopic (exact) mass is 292 g/mol. The van der Waals surface area contributed by atoms with Crippen molar-refractivity contribution in [3.63, 3.8) is 0 Å². The summed E-state index contributed by atoms with van der Waals surface area (Å²) in [5, 5.41) is 4.27. The van der Waals surface area contributed by atoms with Gasteiger partial charge in [-0.15, -0.1) is 0 Å². The maximum Gasteiger partial charge on any atom is 0.169 e. The molecule has 1 heterocycles. The van der Waals surface area contributed by atoms with Crippen molar-refractivity contribution in [3.8, 4) is 5.75 Å². The number of nitrogens with one attached hydrogen (secondary N) is 1. The van der Waals surface area contributed by atoms with Gasteiger partial charge in [-0.3, -0.25) is 0 Å². The minimum atomic E-state index is 0.549. The van der Waals surface area contributed by atoms with Crippen LogP contribution in [0.15, 0.2) is 24.3 Å². The topological polar surface area (TPSA) is 24.5 Å². The average molecular weight is 292 g/mol. The number of ether oxygens (including phenoxy) is 1. The minimum Gasteiger partial charge on any atom is -0.497 e. The van der Waals surface area contributed by atoms with Gasteiger partial charge in [0.25, 0.3) is 0 Å². The van der Waals surface area contributed by atoms with E-state index in [4.69, 9.17) is 17.0 Å². The van der Waals surface area contributed by atoms with Gasteiger partial charge in [0, 0.05) is 19.1 Å². The van der Waals surface area contributed by atoms with Crippen LogP contribution in [0.25, 0.3) is 0 Å². The van der Waals surface area contributed by atoms with Crippen LogP contribution in [0.4, 0.5) is 0 Å². The molecule has 110 valence electrons. The fourth-order valence-corrected chi connectivity index (χ4v) is 2.94. The molecule has 0 amide bonds. The van der Waals surface area contributed by atoms with E-state index >= 15 is 0 Å². The minimum absolute atomic E-state index is 0.549. The Morgan fingerprint density at radius 3 is 2.75 bits per heavy atom. The highest BCUT2D eigenvalue weighted by molar-refractivity contribution is 7.80. The van der Waals surface area contributed by atoms with Crippen LogP contribution < -0.4 is 10.1 Å². The van der Waals surface area contributed by atoms with Gasteiger partial charge in [0.1, 0.15) is 5.75 Å². The molecule has 1 atom stereocenters. The van der Waals surface area contributed by atoms with Crippen molar-refractivity contribution < 1.29 is 4.74 Å². The summed E-state index contributed by atoms with van der Waals surface area (Å²) in [6.07, 6.45) is 5.12. The molecule has 1 N–H and O–H groups in total. The number of likely N-dealkylation sites (tertiary alicyclic amines) is 1. The van der Waals surface area contributed by atoms with Crippen molar-refractivity contribution in [2.24, 2.45) is 0 Å². The predicted octanol–water partition coefficient (Wildman–Crippen LogP) is 3.33. The quantitative estimate of drug-likeness (QED) is 0.864. The lowest BCUT2D eigenvalue weighted by molar-refractivity contribution is 0.331. The summed E-state index contributed by atoms with van der Waals surface area (Å²) in [6, 6.07) is 8.65. The third-order valence-corrected chi connectivity index (χ3v) is 4.30. The lowest BCUT2D eigenvalue weighted by Gasteiger charge is -2.30. The molecule has 1 aromatic rings. The van der Waals surface area contributed by atoms with E-state index in [1.165, 1.54) is 31.2 Å².